The predicted molar refractivity (Wildman–Crippen MR) is 89.3 cm³/mol. The van der Waals surface area contributed by atoms with E-state index in [9.17, 15) is 0 Å². The minimum absolute atomic E-state index is 0.0616. The molecule has 2 atom stereocenters. The summed E-state index contributed by atoms with van der Waals surface area (Å²) in [7, 11) is 0. The maximum atomic E-state index is 9.03. The Morgan fingerprint density at radius 1 is 1.33 bits per heavy atom. The highest BCUT2D eigenvalue weighted by molar-refractivity contribution is 5.70. The number of benzene rings is 1. The van der Waals surface area contributed by atoms with Gasteiger partial charge in [0.1, 0.15) is 0 Å². The number of hydrogen-bond donors (Lipinski definition) is 0. The van der Waals surface area contributed by atoms with Crippen LogP contribution in [0.3, 0.4) is 0 Å². The van der Waals surface area contributed by atoms with Crippen LogP contribution in [0.2, 0.25) is 0 Å². The van der Waals surface area contributed by atoms with Crippen LogP contribution in [0, 0.1) is 18.3 Å². The normalized spacial score (nSPS) is 23.0. The van der Waals surface area contributed by atoms with E-state index in [0.717, 1.165) is 49.1 Å². The molecule has 0 N–H and O–H groups in total. The van der Waals surface area contributed by atoms with E-state index in [0.29, 0.717) is 5.56 Å². The van der Waals surface area contributed by atoms with Crippen LogP contribution in [-0.2, 0) is 22.4 Å². The van der Waals surface area contributed by atoms with Gasteiger partial charge in [-0.25, -0.2) is 0 Å². The van der Waals surface area contributed by atoms with Gasteiger partial charge in [0.2, 0.25) is 0 Å². The number of fused-ring (bicyclic) bond motifs is 1. The molecular weight excluding hydrogens is 302 g/mol. The van der Waals surface area contributed by atoms with E-state index < -0.39 is 0 Å². The van der Waals surface area contributed by atoms with Crippen molar-refractivity contribution in [2.24, 2.45) is 0 Å². The Kier molecular flexibility index (Phi) is 4.09. The van der Waals surface area contributed by atoms with Crippen LogP contribution in [0.5, 0.6) is 0 Å². The van der Waals surface area contributed by atoms with Crippen LogP contribution in [0.4, 0.5) is 0 Å². The van der Waals surface area contributed by atoms with Gasteiger partial charge in [-0.2, -0.15) is 10.4 Å². The lowest BCUT2D eigenvalue weighted by Gasteiger charge is -2.25. The number of aryl methyl sites for hydroxylation is 1. The zero-order valence-corrected chi connectivity index (χ0v) is 13.9. The minimum atomic E-state index is -0.0616. The van der Waals surface area contributed by atoms with E-state index in [1.54, 1.807) is 0 Å². The molecule has 2 aliphatic rings. The summed E-state index contributed by atoms with van der Waals surface area (Å²) in [5.74, 6) is 0. The zero-order valence-electron chi connectivity index (χ0n) is 13.9. The lowest BCUT2D eigenvalue weighted by atomic mass is 9.98. The third-order valence-corrected chi connectivity index (χ3v) is 4.87. The van der Waals surface area contributed by atoms with Crippen molar-refractivity contribution in [1.82, 2.24) is 9.78 Å². The Bertz CT molecular complexity index is 784. The second kappa shape index (κ2) is 6.39. The van der Waals surface area contributed by atoms with Crippen molar-refractivity contribution in [3.8, 4) is 17.2 Å². The largest absolute Gasteiger partial charge is 0.353 e. The fourth-order valence-corrected chi connectivity index (χ4v) is 3.64. The molecule has 1 unspecified atom stereocenters. The summed E-state index contributed by atoms with van der Waals surface area (Å²) >= 11 is 0. The molecule has 0 saturated carbocycles. The predicted octanol–water partition coefficient (Wildman–Crippen LogP) is 3.20. The molecule has 124 valence electrons. The average Bonchev–Trinajstić information content (AvgIpc) is 3.16. The summed E-state index contributed by atoms with van der Waals surface area (Å²) in [5.41, 5.74) is 5.29. The first-order valence-electron chi connectivity index (χ1n) is 8.57. The van der Waals surface area contributed by atoms with Gasteiger partial charge in [-0.1, -0.05) is 6.07 Å². The number of hydrogen-bond acceptors (Lipinski definition) is 4. The second-order valence-corrected chi connectivity index (χ2v) is 6.59. The Labute approximate surface area is 141 Å². The van der Waals surface area contributed by atoms with E-state index in [1.807, 2.05) is 36.0 Å². The molecule has 0 aliphatic carbocycles. The van der Waals surface area contributed by atoms with Crippen molar-refractivity contribution in [1.29, 1.82) is 5.26 Å². The maximum absolute atomic E-state index is 9.03. The van der Waals surface area contributed by atoms with Crippen LogP contribution in [0.1, 0.15) is 36.1 Å². The summed E-state index contributed by atoms with van der Waals surface area (Å²) in [4.78, 5) is 0. The van der Waals surface area contributed by atoms with Gasteiger partial charge in [0.05, 0.1) is 30.5 Å². The smallest absolute Gasteiger partial charge is 0.158 e. The van der Waals surface area contributed by atoms with Gasteiger partial charge < -0.3 is 9.47 Å². The molecule has 0 bridgehead atoms. The standard InChI is InChI=1S/C19H21N3O2/c1-13-8-14(10-20)5-6-16(13)17-11-21-22-12-15(9-18(17)22)24-19-4-2-3-7-23-19/h5-6,8,11,15,19H,2-4,7,9,12H2,1H3/t15-,19?/m1/s1. The second-order valence-electron chi connectivity index (χ2n) is 6.59. The number of rotatable bonds is 3. The van der Waals surface area contributed by atoms with Crippen molar-refractivity contribution < 1.29 is 9.47 Å². The molecule has 2 aliphatic heterocycles. The highest BCUT2D eigenvalue weighted by Crippen LogP contribution is 2.32. The van der Waals surface area contributed by atoms with Crippen molar-refractivity contribution >= 4 is 0 Å². The molecule has 0 radical (unpaired) electrons. The van der Waals surface area contributed by atoms with Gasteiger partial charge in [-0.05, 0) is 49.4 Å². The minimum Gasteiger partial charge on any atom is -0.353 e. The Hall–Kier alpha value is -2.16. The maximum Gasteiger partial charge on any atom is 0.158 e. The molecule has 5 nitrogen and oxygen atoms in total. The molecule has 5 heteroatoms. The van der Waals surface area contributed by atoms with Crippen LogP contribution in [0.15, 0.2) is 24.4 Å². The monoisotopic (exact) mass is 323 g/mol. The summed E-state index contributed by atoms with van der Waals surface area (Å²) in [6.45, 7) is 3.63. The van der Waals surface area contributed by atoms with E-state index in [4.69, 9.17) is 14.7 Å². The number of aromatic nitrogens is 2. The summed E-state index contributed by atoms with van der Waals surface area (Å²) in [5, 5.41) is 13.6. The number of nitriles is 1. The van der Waals surface area contributed by atoms with E-state index in [-0.39, 0.29) is 12.4 Å². The first kappa shape index (κ1) is 15.4. The van der Waals surface area contributed by atoms with Crippen LogP contribution >= 0.6 is 0 Å². The van der Waals surface area contributed by atoms with Crippen LogP contribution < -0.4 is 0 Å². The third-order valence-electron chi connectivity index (χ3n) is 4.87. The SMILES string of the molecule is Cc1cc(C#N)ccc1-c1cnn2c1C[C@@H](OC1CCCCO1)C2. The van der Waals surface area contributed by atoms with Gasteiger partial charge in [-0.3, -0.25) is 4.68 Å². The fraction of sp³-hybridized carbons (Fsp3) is 0.474. The molecule has 1 saturated heterocycles. The van der Waals surface area contributed by atoms with Gasteiger partial charge >= 0.3 is 0 Å². The van der Waals surface area contributed by atoms with Gasteiger partial charge in [0.25, 0.3) is 0 Å². The molecule has 1 aromatic heterocycles. The molecule has 2 aromatic rings. The Morgan fingerprint density at radius 2 is 2.25 bits per heavy atom. The Morgan fingerprint density at radius 3 is 3.00 bits per heavy atom. The third kappa shape index (κ3) is 2.83. The van der Waals surface area contributed by atoms with Gasteiger partial charge in [0, 0.05) is 24.3 Å². The first-order chi connectivity index (χ1) is 11.7. The summed E-state index contributed by atoms with van der Waals surface area (Å²) in [6.07, 6.45) is 6.15. The lowest BCUT2D eigenvalue weighted by molar-refractivity contribution is -0.187. The van der Waals surface area contributed by atoms with Crippen molar-refractivity contribution in [2.75, 3.05) is 6.61 Å². The van der Waals surface area contributed by atoms with Crippen LogP contribution in [0.25, 0.3) is 11.1 Å². The number of ether oxygens (including phenoxy) is 2. The summed E-state index contributed by atoms with van der Waals surface area (Å²) in [6, 6.07) is 8.00. The Balaban J connectivity index is 1.53. The zero-order chi connectivity index (χ0) is 16.5. The van der Waals surface area contributed by atoms with E-state index >= 15 is 0 Å². The van der Waals surface area contributed by atoms with E-state index in [2.05, 4.69) is 11.2 Å². The first-order valence-corrected chi connectivity index (χ1v) is 8.57. The molecule has 1 aromatic carbocycles. The van der Waals surface area contributed by atoms with Crippen molar-refractivity contribution in [3.63, 3.8) is 0 Å². The van der Waals surface area contributed by atoms with Crippen molar-refractivity contribution in [2.45, 2.75) is 51.5 Å². The quantitative estimate of drug-likeness (QED) is 0.870. The van der Waals surface area contributed by atoms with Gasteiger partial charge in [-0.15, -0.1) is 0 Å². The molecule has 4 rings (SSSR count). The van der Waals surface area contributed by atoms with Crippen LogP contribution in [-0.4, -0.2) is 28.8 Å². The molecular formula is C19H21N3O2. The average molecular weight is 323 g/mol. The number of nitrogens with zero attached hydrogens (tertiary/aromatic N) is 3. The molecule has 0 spiro atoms. The molecule has 24 heavy (non-hydrogen) atoms. The van der Waals surface area contributed by atoms with Gasteiger partial charge in [0.15, 0.2) is 6.29 Å². The van der Waals surface area contributed by atoms with E-state index in [1.165, 1.54) is 12.1 Å². The lowest BCUT2D eigenvalue weighted by Crippen LogP contribution is -2.28. The summed E-state index contributed by atoms with van der Waals surface area (Å²) < 4.78 is 13.9. The fourth-order valence-electron chi connectivity index (χ4n) is 3.64. The molecule has 3 heterocycles. The topological polar surface area (TPSA) is 60.1 Å². The molecule has 1 fully saturated rings. The molecule has 0 amide bonds. The highest BCUT2D eigenvalue weighted by Gasteiger charge is 2.29. The highest BCUT2D eigenvalue weighted by atomic mass is 16.7. The van der Waals surface area contributed by atoms with Crippen molar-refractivity contribution in [3.05, 3.63) is 41.2 Å².